The highest BCUT2D eigenvalue weighted by Crippen LogP contribution is 2.22. The molecule has 4 heteroatoms. The van der Waals surface area contributed by atoms with Crippen LogP contribution in [0.4, 0.5) is 0 Å². The van der Waals surface area contributed by atoms with Gasteiger partial charge in [-0.2, -0.15) is 0 Å². The van der Waals surface area contributed by atoms with Crippen molar-refractivity contribution in [3.8, 4) is 0 Å². The van der Waals surface area contributed by atoms with E-state index in [1.807, 2.05) is 13.8 Å². The molecule has 3 nitrogen and oxygen atoms in total. The van der Waals surface area contributed by atoms with Gasteiger partial charge in [0.2, 0.25) is 5.56 Å². The highest BCUT2D eigenvalue weighted by molar-refractivity contribution is 6.30. The molecule has 0 spiro atoms. The third-order valence-electron chi connectivity index (χ3n) is 1.98. The first-order valence-corrected chi connectivity index (χ1v) is 4.54. The third kappa shape index (κ3) is 2.32. The predicted molar refractivity (Wildman–Crippen MR) is 53.8 cm³/mol. The summed E-state index contributed by atoms with van der Waals surface area (Å²) < 4.78 is 0. The summed E-state index contributed by atoms with van der Waals surface area (Å²) in [5, 5.41) is 0.341. The van der Waals surface area contributed by atoms with Crippen LogP contribution < -0.4 is 11.3 Å². The van der Waals surface area contributed by atoms with Crippen molar-refractivity contribution in [3.63, 3.8) is 0 Å². The zero-order chi connectivity index (χ0) is 10.0. The molecule has 0 fully saturated rings. The van der Waals surface area contributed by atoms with Crippen LogP contribution in [0.15, 0.2) is 16.9 Å². The summed E-state index contributed by atoms with van der Waals surface area (Å²) in [4.78, 5) is 13.4. The van der Waals surface area contributed by atoms with Gasteiger partial charge in [0.1, 0.15) is 5.15 Å². The SMILES string of the molecule is CC(C)C(N)c1ccc(=O)[nH]c1Cl. The minimum absolute atomic E-state index is 0.135. The molecule has 1 aromatic rings. The molecule has 3 N–H and O–H groups in total. The van der Waals surface area contributed by atoms with Crippen molar-refractivity contribution in [2.24, 2.45) is 11.7 Å². The number of aromatic amines is 1. The normalized spacial score (nSPS) is 13.3. The largest absolute Gasteiger partial charge is 0.324 e. The molecule has 1 unspecified atom stereocenters. The van der Waals surface area contributed by atoms with Gasteiger partial charge in [-0.1, -0.05) is 25.4 Å². The first-order valence-electron chi connectivity index (χ1n) is 4.16. The van der Waals surface area contributed by atoms with Crippen LogP contribution in [-0.4, -0.2) is 4.98 Å². The lowest BCUT2D eigenvalue weighted by Crippen LogP contribution is -2.19. The Morgan fingerprint density at radius 2 is 2.08 bits per heavy atom. The van der Waals surface area contributed by atoms with Gasteiger partial charge in [-0.3, -0.25) is 4.79 Å². The van der Waals surface area contributed by atoms with Crippen LogP contribution >= 0.6 is 11.6 Å². The number of hydrogen-bond donors (Lipinski definition) is 2. The summed E-state index contributed by atoms with van der Waals surface area (Å²) in [6, 6.07) is 2.97. The van der Waals surface area contributed by atoms with Crippen LogP contribution in [0.3, 0.4) is 0 Å². The molecule has 13 heavy (non-hydrogen) atoms. The zero-order valence-corrected chi connectivity index (χ0v) is 8.43. The maximum atomic E-state index is 10.9. The summed E-state index contributed by atoms with van der Waals surface area (Å²) in [5.74, 6) is 0.295. The maximum absolute atomic E-state index is 10.9. The highest BCUT2D eigenvalue weighted by atomic mass is 35.5. The lowest BCUT2D eigenvalue weighted by atomic mass is 9.99. The number of pyridine rings is 1. The van der Waals surface area contributed by atoms with E-state index >= 15 is 0 Å². The second kappa shape index (κ2) is 3.94. The molecule has 1 atom stereocenters. The van der Waals surface area contributed by atoms with Gasteiger partial charge in [-0.15, -0.1) is 0 Å². The van der Waals surface area contributed by atoms with Crippen molar-refractivity contribution in [2.45, 2.75) is 19.9 Å². The molecule has 0 saturated carbocycles. The molecule has 0 aliphatic carbocycles. The molecule has 0 saturated heterocycles. The fourth-order valence-corrected chi connectivity index (χ4v) is 1.36. The van der Waals surface area contributed by atoms with Crippen molar-refractivity contribution in [1.29, 1.82) is 0 Å². The van der Waals surface area contributed by atoms with Gasteiger partial charge in [0.25, 0.3) is 0 Å². The summed E-state index contributed by atoms with van der Waals surface area (Å²) >= 11 is 5.83. The zero-order valence-electron chi connectivity index (χ0n) is 7.67. The van der Waals surface area contributed by atoms with Crippen molar-refractivity contribution in [2.75, 3.05) is 0 Å². The number of halogens is 1. The molecule has 72 valence electrons. The van der Waals surface area contributed by atoms with Gasteiger partial charge in [0, 0.05) is 17.7 Å². The maximum Gasteiger partial charge on any atom is 0.249 e. The van der Waals surface area contributed by atoms with Gasteiger partial charge in [0.05, 0.1) is 0 Å². The van der Waals surface area contributed by atoms with Crippen LogP contribution in [0, 0.1) is 5.92 Å². The average Bonchev–Trinajstić information content (AvgIpc) is 2.03. The van der Waals surface area contributed by atoms with Crippen LogP contribution in [0.2, 0.25) is 5.15 Å². The summed E-state index contributed by atoms with van der Waals surface area (Å²) in [7, 11) is 0. The fraction of sp³-hybridized carbons (Fsp3) is 0.444. The first-order chi connectivity index (χ1) is 6.02. The van der Waals surface area contributed by atoms with E-state index < -0.39 is 0 Å². The second-order valence-corrected chi connectivity index (χ2v) is 3.74. The van der Waals surface area contributed by atoms with E-state index in [-0.39, 0.29) is 11.6 Å². The smallest absolute Gasteiger partial charge is 0.249 e. The monoisotopic (exact) mass is 200 g/mol. The molecule has 0 amide bonds. The van der Waals surface area contributed by atoms with Gasteiger partial charge in [0.15, 0.2) is 0 Å². The van der Waals surface area contributed by atoms with E-state index in [1.54, 1.807) is 6.07 Å². The molecule has 1 aromatic heterocycles. The van der Waals surface area contributed by atoms with Gasteiger partial charge < -0.3 is 10.7 Å². The molecule has 0 aliphatic heterocycles. The minimum atomic E-state index is -0.204. The average molecular weight is 201 g/mol. The number of aromatic nitrogens is 1. The fourth-order valence-electron chi connectivity index (χ4n) is 1.08. The van der Waals surface area contributed by atoms with Crippen LogP contribution in [0.5, 0.6) is 0 Å². The molecule has 0 aromatic carbocycles. The molecular weight excluding hydrogens is 188 g/mol. The summed E-state index contributed by atoms with van der Waals surface area (Å²) in [6.07, 6.45) is 0. The van der Waals surface area contributed by atoms with E-state index in [4.69, 9.17) is 17.3 Å². The molecular formula is C9H13ClN2O. The van der Waals surface area contributed by atoms with E-state index in [0.29, 0.717) is 11.1 Å². The van der Waals surface area contributed by atoms with E-state index in [2.05, 4.69) is 4.98 Å². The molecule has 0 aliphatic rings. The standard InChI is InChI=1S/C9H13ClN2O/c1-5(2)8(11)6-3-4-7(13)12-9(6)10/h3-5,8H,11H2,1-2H3,(H,12,13). The van der Waals surface area contributed by atoms with E-state index in [9.17, 15) is 4.79 Å². The van der Waals surface area contributed by atoms with Crippen molar-refractivity contribution in [1.82, 2.24) is 4.98 Å². The van der Waals surface area contributed by atoms with E-state index in [0.717, 1.165) is 5.56 Å². The minimum Gasteiger partial charge on any atom is -0.324 e. The Morgan fingerprint density at radius 3 is 2.54 bits per heavy atom. The first kappa shape index (κ1) is 10.3. The third-order valence-corrected chi connectivity index (χ3v) is 2.29. The highest BCUT2D eigenvalue weighted by Gasteiger charge is 2.13. The van der Waals surface area contributed by atoms with Gasteiger partial charge in [-0.25, -0.2) is 0 Å². The molecule has 1 rings (SSSR count). The number of rotatable bonds is 2. The number of hydrogen-bond acceptors (Lipinski definition) is 2. The number of nitrogens with two attached hydrogens (primary N) is 1. The Bertz CT molecular complexity index is 346. The molecule has 0 bridgehead atoms. The number of H-pyrrole nitrogens is 1. The quantitative estimate of drug-likeness (QED) is 0.714. The van der Waals surface area contributed by atoms with Gasteiger partial charge in [-0.05, 0) is 12.0 Å². The molecule has 0 radical (unpaired) electrons. The van der Waals surface area contributed by atoms with Gasteiger partial charge >= 0.3 is 0 Å². The van der Waals surface area contributed by atoms with Crippen LogP contribution in [0.25, 0.3) is 0 Å². The Morgan fingerprint density at radius 1 is 1.46 bits per heavy atom. The lowest BCUT2D eigenvalue weighted by Gasteiger charge is -2.16. The second-order valence-electron chi connectivity index (χ2n) is 3.36. The lowest BCUT2D eigenvalue weighted by molar-refractivity contribution is 0.513. The van der Waals surface area contributed by atoms with Crippen LogP contribution in [-0.2, 0) is 0 Å². The van der Waals surface area contributed by atoms with Crippen molar-refractivity contribution in [3.05, 3.63) is 33.2 Å². The Labute approximate surface area is 81.9 Å². The summed E-state index contributed by atoms with van der Waals surface area (Å²) in [6.45, 7) is 4.01. The van der Waals surface area contributed by atoms with E-state index in [1.165, 1.54) is 6.07 Å². The Kier molecular flexibility index (Phi) is 3.12. The van der Waals surface area contributed by atoms with Crippen molar-refractivity contribution < 1.29 is 0 Å². The van der Waals surface area contributed by atoms with Crippen LogP contribution in [0.1, 0.15) is 25.5 Å². The Balaban J connectivity index is 3.08. The number of nitrogens with one attached hydrogen (secondary N) is 1. The van der Waals surface area contributed by atoms with Crippen molar-refractivity contribution >= 4 is 11.6 Å². The topological polar surface area (TPSA) is 58.9 Å². The Hall–Kier alpha value is -0.800. The molecule has 1 heterocycles. The summed E-state index contributed by atoms with van der Waals surface area (Å²) in [5.41, 5.74) is 6.47. The predicted octanol–water partition coefficient (Wildman–Crippen LogP) is 1.68.